The maximum absolute atomic E-state index is 12.7. The molecule has 0 rings (SSSR count). The van der Waals surface area contributed by atoms with Crippen LogP contribution in [0.1, 0.15) is 239 Å². The Hall–Kier alpha value is -2.37. The van der Waals surface area contributed by atoms with E-state index in [1.165, 1.54) is 109 Å². The predicted molar refractivity (Wildman–Crippen MR) is 233 cm³/mol. The van der Waals surface area contributed by atoms with E-state index in [4.69, 9.17) is 14.2 Å². The molecule has 1 atom stereocenters. The van der Waals surface area contributed by atoms with Crippen molar-refractivity contribution in [3.8, 4) is 0 Å². The lowest BCUT2D eigenvalue weighted by atomic mass is 10.1. The van der Waals surface area contributed by atoms with Crippen LogP contribution in [0.5, 0.6) is 0 Å². The third-order valence-electron chi connectivity index (χ3n) is 10.1. The third-order valence-corrected chi connectivity index (χ3v) is 10.1. The van der Waals surface area contributed by atoms with Crippen LogP contribution in [0.2, 0.25) is 0 Å². The van der Waals surface area contributed by atoms with Crippen molar-refractivity contribution in [2.45, 2.75) is 245 Å². The van der Waals surface area contributed by atoms with Crippen molar-refractivity contribution in [1.82, 2.24) is 0 Å². The molecule has 0 saturated heterocycles. The topological polar surface area (TPSA) is 78.9 Å². The number of rotatable bonds is 42. The summed E-state index contributed by atoms with van der Waals surface area (Å²) in [5, 5.41) is 0. The lowest BCUT2D eigenvalue weighted by Crippen LogP contribution is -2.30. The number of hydrogen-bond acceptors (Lipinski definition) is 6. The number of allylic oxidation sites excluding steroid dienone is 6. The van der Waals surface area contributed by atoms with E-state index in [1.54, 1.807) is 0 Å². The second kappa shape index (κ2) is 44.3. The molecule has 0 aliphatic rings. The highest BCUT2D eigenvalue weighted by molar-refractivity contribution is 5.71. The normalized spacial score (nSPS) is 12.3. The van der Waals surface area contributed by atoms with Crippen LogP contribution >= 0.6 is 0 Å². The van der Waals surface area contributed by atoms with Gasteiger partial charge in [0, 0.05) is 19.3 Å². The van der Waals surface area contributed by atoms with Crippen LogP contribution in [0.4, 0.5) is 0 Å². The summed E-state index contributed by atoms with van der Waals surface area (Å²) in [7, 11) is 0. The monoisotopic (exact) mass is 773 g/mol. The van der Waals surface area contributed by atoms with Crippen molar-refractivity contribution >= 4 is 17.9 Å². The summed E-state index contributed by atoms with van der Waals surface area (Å²) in [6.07, 6.45) is 49.8. The minimum absolute atomic E-state index is 0.0773. The van der Waals surface area contributed by atoms with Crippen LogP contribution in [0, 0.1) is 0 Å². The Labute approximate surface area is 340 Å². The Balaban J connectivity index is 4.36. The van der Waals surface area contributed by atoms with Crippen LogP contribution in [0.25, 0.3) is 0 Å². The second-order valence-electron chi connectivity index (χ2n) is 15.6. The molecule has 320 valence electrons. The highest BCUT2D eigenvalue weighted by Crippen LogP contribution is 2.14. The Morgan fingerprint density at radius 2 is 0.709 bits per heavy atom. The molecule has 1 unspecified atom stereocenters. The molecule has 0 N–H and O–H groups in total. The SMILES string of the molecule is CC/C=C\C/C=C\CCCCCCCC(=O)OC(COC(=O)CCCCCCCCC/C=C\CCCCCC)COC(=O)CCCCCCCCCCCC. The lowest BCUT2D eigenvalue weighted by Gasteiger charge is -2.18. The molecule has 0 bridgehead atoms. The van der Waals surface area contributed by atoms with Gasteiger partial charge in [-0.15, -0.1) is 0 Å². The van der Waals surface area contributed by atoms with E-state index < -0.39 is 6.10 Å². The molecule has 0 aliphatic heterocycles. The molecule has 6 heteroatoms. The van der Waals surface area contributed by atoms with E-state index in [1.807, 2.05) is 0 Å². The van der Waals surface area contributed by atoms with Crippen molar-refractivity contribution in [1.29, 1.82) is 0 Å². The maximum Gasteiger partial charge on any atom is 0.306 e. The Morgan fingerprint density at radius 1 is 0.382 bits per heavy atom. The number of carbonyl (C=O) groups is 3. The van der Waals surface area contributed by atoms with Gasteiger partial charge in [0.25, 0.3) is 0 Å². The van der Waals surface area contributed by atoms with Gasteiger partial charge >= 0.3 is 17.9 Å². The fourth-order valence-electron chi connectivity index (χ4n) is 6.59. The smallest absolute Gasteiger partial charge is 0.306 e. The molecule has 55 heavy (non-hydrogen) atoms. The van der Waals surface area contributed by atoms with E-state index in [-0.39, 0.29) is 31.1 Å². The first kappa shape index (κ1) is 52.6. The molecule has 0 amide bonds. The first-order valence-corrected chi connectivity index (χ1v) is 23.5. The fourth-order valence-corrected chi connectivity index (χ4v) is 6.59. The van der Waals surface area contributed by atoms with Gasteiger partial charge < -0.3 is 14.2 Å². The zero-order valence-corrected chi connectivity index (χ0v) is 36.4. The molecule has 0 aliphatic carbocycles. The van der Waals surface area contributed by atoms with Crippen LogP contribution < -0.4 is 0 Å². The van der Waals surface area contributed by atoms with Crippen LogP contribution in [0.15, 0.2) is 36.5 Å². The van der Waals surface area contributed by atoms with Crippen LogP contribution in [0.3, 0.4) is 0 Å². The highest BCUT2D eigenvalue weighted by Gasteiger charge is 2.19. The molecule has 0 radical (unpaired) electrons. The summed E-state index contributed by atoms with van der Waals surface area (Å²) in [6, 6.07) is 0. The summed E-state index contributed by atoms with van der Waals surface area (Å²) in [5.41, 5.74) is 0. The minimum atomic E-state index is -0.775. The molecule has 0 spiro atoms. The average Bonchev–Trinajstić information content (AvgIpc) is 3.18. The minimum Gasteiger partial charge on any atom is -0.462 e. The highest BCUT2D eigenvalue weighted by atomic mass is 16.6. The first-order valence-electron chi connectivity index (χ1n) is 23.5. The molecular formula is C49H88O6. The Bertz CT molecular complexity index is 938. The van der Waals surface area contributed by atoms with Gasteiger partial charge in [-0.1, -0.05) is 186 Å². The zero-order valence-electron chi connectivity index (χ0n) is 36.4. The van der Waals surface area contributed by atoms with Crippen molar-refractivity contribution < 1.29 is 28.6 Å². The van der Waals surface area contributed by atoms with Gasteiger partial charge in [0.15, 0.2) is 6.10 Å². The second-order valence-corrected chi connectivity index (χ2v) is 15.6. The molecule has 0 fully saturated rings. The van der Waals surface area contributed by atoms with Crippen molar-refractivity contribution in [2.24, 2.45) is 0 Å². The number of ether oxygens (including phenoxy) is 3. The zero-order chi connectivity index (χ0) is 40.1. The Kier molecular flexibility index (Phi) is 42.4. The largest absolute Gasteiger partial charge is 0.462 e. The third kappa shape index (κ3) is 42.6. The summed E-state index contributed by atoms with van der Waals surface area (Å²) >= 11 is 0. The van der Waals surface area contributed by atoms with Gasteiger partial charge in [-0.25, -0.2) is 0 Å². The van der Waals surface area contributed by atoms with E-state index in [0.29, 0.717) is 19.3 Å². The molecule has 0 aromatic rings. The number of esters is 3. The number of unbranched alkanes of at least 4 members (excludes halogenated alkanes) is 25. The first-order chi connectivity index (χ1) is 27.0. The molecule has 0 saturated carbocycles. The average molecular weight is 773 g/mol. The van der Waals surface area contributed by atoms with Crippen molar-refractivity contribution in [2.75, 3.05) is 13.2 Å². The van der Waals surface area contributed by atoms with Gasteiger partial charge in [0.2, 0.25) is 0 Å². The summed E-state index contributed by atoms with van der Waals surface area (Å²) < 4.78 is 16.7. The predicted octanol–water partition coefficient (Wildman–Crippen LogP) is 15.0. The Morgan fingerprint density at radius 3 is 1.13 bits per heavy atom. The van der Waals surface area contributed by atoms with E-state index in [9.17, 15) is 14.4 Å². The van der Waals surface area contributed by atoms with Gasteiger partial charge in [0.1, 0.15) is 13.2 Å². The summed E-state index contributed by atoms with van der Waals surface area (Å²) in [4.78, 5) is 37.7. The van der Waals surface area contributed by atoms with Gasteiger partial charge in [-0.2, -0.15) is 0 Å². The molecule has 0 aromatic carbocycles. The maximum atomic E-state index is 12.7. The molecule has 6 nitrogen and oxygen atoms in total. The van der Waals surface area contributed by atoms with Gasteiger partial charge in [-0.05, 0) is 70.6 Å². The molecule has 0 aromatic heterocycles. The molecular weight excluding hydrogens is 685 g/mol. The summed E-state index contributed by atoms with van der Waals surface area (Å²) in [6.45, 7) is 6.49. The number of carbonyl (C=O) groups excluding carboxylic acids is 3. The lowest BCUT2D eigenvalue weighted by molar-refractivity contribution is -0.167. The van der Waals surface area contributed by atoms with Gasteiger partial charge in [0.05, 0.1) is 0 Å². The number of hydrogen-bond donors (Lipinski definition) is 0. The quantitative estimate of drug-likeness (QED) is 0.0266. The van der Waals surface area contributed by atoms with Crippen LogP contribution in [-0.2, 0) is 28.6 Å². The fraction of sp³-hybridized carbons (Fsp3) is 0.816. The van der Waals surface area contributed by atoms with E-state index >= 15 is 0 Å². The van der Waals surface area contributed by atoms with Crippen molar-refractivity contribution in [3.63, 3.8) is 0 Å². The summed E-state index contributed by atoms with van der Waals surface area (Å²) in [5.74, 6) is -0.895. The van der Waals surface area contributed by atoms with E-state index in [0.717, 1.165) is 89.9 Å². The van der Waals surface area contributed by atoms with Crippen molar-refractivity contribution in [3.05, 3.63) is 36.5 Å². The molecule has 0 heterocycles. The van der Waals surface area contributed by atoms with Crippen LogP contribution in [-0.4, -0.2) is 37.2 Å². The van der Waals surface area contributed by atoms with Gasteiger partial charge in [-0.3, -0.25) is 14.4 Å². The van der Waals surface area contributed by atoms with E-state index in [2.05, 4.69) is 57.2 Å². The standard InChI is InChI=1S/C49H88O6/c1-4-7-10-13-16-19-22-24-25-26-28-30-33-36-39-42-48(51)54-45-46(44-53-47(50)41-38-35-32-29-21-18-15-12-9-6-3)55-49(52)43-40-37-34-31-27-23-20-17-14-11-8-5-2/h8,11,17,19-20,22,46H,4-7,9-10,12-16,18,21,23-45H2,1-3H3/b11-8-,20-17-,22-19-.